The smallest absolute Gasteiger partial charge is 0.266 e. The fourth-order valence-electron chi connectivity index (χ4n) is 5.19. The topological polar surface area (TPSA) is 87.6 Å². The summed E-state index contributed by atoms with van der Waals surface area (Å²) in [6, 6.07) is 19.6. The minimum atomic E-state index is -4.04. The number of nitrogens with zero attached hydrogens (tertiary/aromatic N) is 3. The van der Waals surface area contributed by atoms with Crippen molar-refractivity contribution in [1.82, 2.24) is 4.98 Å². The van der Waals surface area contributed by atoms with Crippen LogP contribution < -0.4 is 9.21 Å². The van der Waals surface area contributed by atoms with Gasteiger partial charge in [-0.05, 0) is 48.4 Å². The van der Waals surface area contributed by atoms with Crippen LogP contribution in [0.25, 0.3) is 5.57 Å². The summed E-state index contributed by atoms with van der Waals surface area (Å²) in [7, 11) is -4.04. The highest BCUT2D eigenvalue weighted by Gasteiger charge is 2.59. The maximum Gasteiger partial charge on any atom is 0.266 e. The van der Waals surface area contributed by atoms with Crippen LogP contribution in [0.4, 0.5) is 11.5 Å². The van der Waals surface area contributed by atoms with E-state index in [0.29, 0.717) is 17.7 Å². The summed E-state index contributed by atoms with van der Waals surface area (Å²) in [6.45, 7) is 0. The van der Waals surface area contributed by atoms with Crippen LogP contribution in [0.3, 0.4) is 0 Å². The van der Waals surface area contributed by atoms with E-state index in [0.717, 1.165) is 5.57 Å². The number of sulfonamides is 1. The van der Waals surface area contributed by atoms with Crippen LogP contribution >= 0.6 is 0 Å². The molecule has 0 bridgehead atoms. The van der Waals surface area contributed by atoms with Crippen molar-refractivity contribution in [3.8, 4) is 0 Å². The molecular formula is C25H19N3O4S. The Labute approximate surface area is 191 Å². The van der Waals surface area contributed by atoms with E-state index in [1.54, 1.807) is 54.7 Å². The van der Waals surface area contributed by atoms with Crippen LogP contribution in [0.1, 0.15) is 12.0 Å². The molecule has 1 aliphatic carbocycles. The average Bonchev–Trinajstić information content (AvgIpc) is 3.32. The summed E-state index contributed by atoms with van der Waals surface area (Å²) in [4.78, 5) is 32.7. The second kappa shape index (κ2) is 7.11. The van der Waals surface area contributed by atoms with Gasteiger partial charge in [0, 0.05) is 11.8 Å². The molecule has 0 N–H and O–H groups in total. The van der Waals surface area contributed by atoms with Crippen LogP contribution in [0.2, 0.25) is 0 Å². The first-order valence-corrected chi connectivity index (χ1v) is 12.1. The minimum Gasteiger partial charge on any atom is -0.274 e. The predicted octanol–water partition coefficient (Wildman–Crippen LogP) is 3.25. The van der Waals surface area contributed by atoms with Gasteiger partial charge in [-0.25, -0.2) is 22.6 Å². The van der Waals surface area contributed by atoms with Gasteiger partial charge in [0.05, 0.1) is 28.5 Å². The molecule has 1 aromatic heterocycles. The summed E-state index contributed by atoms with van der Waals surface area (Å²) >= 11 is 0. The normalized spacial score (nSPS) is 23.8. The molecule has 0 spiro atoms. The molecule has 2 aromatic carbocycles. The molecule has 33 heavy (non-hydrogen) atoms. The molecule has 6 rings (SSSR count). The number of hydrogen-bond donors (Lipinski definition) is 0. The van der Waals surface area contributed by atoms with Gasteiger partial charge in [0.15, 0.2) is 5.82 Å². The fraction of sp³-hybridized carbons (Fsp3) is 0.160. The summed E-state index contributed by atoms with van der Waals surface area (Å²) in [5.41, 5.74) is 1.91. The van der Waals surface area contributed by atoms with E-state index in [-0.39, 0.29) is 22.5 Å². The van der Waals surface area contributed by atoms with Crippen molar-refractivity contribution in [3.63, 3.8) is 0 Å². The zero-order valence-electron chi connectivity index (χ0n) is 17.4. The second-order valence-corrected chi connectivity index (χ2v) is 10.1. The third-order valence-electron chi connectivity index (χ3n) is 6.60. The summed E-state index contributed by atoms with van der Waals surface area (Å²) in [5.74, 6) is -1.85. The quantitative estimate of drug-likeness (QED) is 0.564. The van der Waals surface area contributed by atoms with Gasteiger partial charge in [-0.2, -0.15) is 0 Å². The summed E-state index contributed by atoms with van der Waals surface area (Å²) in [5, 5.41) is 0. The maximum atomic E-state index is 13.8. The third-order valence-corrected chi connectivity index (χ3v) is 8.39. The second-order valence-electron chi connectivity index (χ2n) is 8.31. The molecule has 1 saturated heterocycles. The Balaban J connectivity index is 1.52. The van der Waals surface area contributed by atoms with Crippen molar-refractivity contribution in [1.29, 1.82) is 0 Å². The lowest BCUT2D eigenvalue weighted by atomic mass is 9.77. The number of rotatable bonds is 3. The Hall–Kier alpha value is -3.78. The number of fused-ring (bicyclic) bond motifs is 5. The van der Waals surface area contributed by atoms with Crippen molar-refractivity contribution >= 4 is 38.9 Å². The lowest BCUT2D eigenvalue weighted by Gasteiger charge is -2.33. The predicted molar refractivity (Wildman–Crippen MR) is 123 cm³/mol. The van der Waals surface area contributed by atoms with Gasteiger partial charge in [-0.3, -0.25) is 9.59 Å². The molecule has 3 heterocycles. The van der Waals surface area contributed by atoms with Gasteiger partial charge in [-0.1, -0.05) is 42.5 Å². The van der Waals surface area contributed by atoms with E-state index in [2.05, 4.69) is 4.98 Å². The molecular weight excluding hydrogens is 438 g/mol. The summed E-state index contributed by atoms with van der Waals surface area (Å²) in [6.07, 6.45) is 3.81. The standard InChI is InChI=1S/C25H19N3O4S/c29-24-20-14-13-18-19-12-7-15-26-23(19)28(33(31,32)17-10-5-2-6-11-17)22(18)21(20)25(30)27(24)16-8-3-1-4-9-16/h1-13,15,20-22H,14H2/t20-,21-,22+/m0/s1. The van der Waals surface area contributed by atoms with Crippen LogP contribution in [0.15, 0.2) is 90.0 Å². The highest BCUT2D eigenvalue weighted by molar-refractivity contribution is 7.93. The number of carbonyl (C=O) groups is 2. The van der Waals surface area contributed by atoms with E-state index in [1.807, 2.05) is 18.2 Å². The van der Waals surface area contributed by atoms with Crippen LogP contribution in [-0.4, -0.2) is 31.3 Å². The molecule has 0 radical (unpaired) electrons. The molecule has 164 valence electrons. The third kappa shape index (κ3) is 2.74. The van der Waals surface area contributed by atoms with Gasteiger partial charge >= 0.3 is 0 Å². The molecule has 7 nitrogen and oxygen atoms in total. The molecule has 3 aromatic rings. The Morgan fingerprint density at radius 2 is 1.55 bits per heavy atom. The monoisotopic (exact) mass is 457 g/mol. The Bertz CT molecular complexity index is 1420. The molecule has 1 fully saturated rings. The molecule has 2 aliphatic heterocycles. The molecule has 3 aliphatic rings. The van der Waals surface area contributed by atoms with Crippen molar-refractivity contribution < 1.29 is 18.0 Å². The number of benzene rings is 2. The number of amides is 2. The number of hydrogen-bond acceptors (Lipinski definition) is 5. The number of carbonyl (C=O) groups excluding carboxylic acids is 2. The number of imide groups is 1. The molecule has 0 saturated carbocycles. The fourth-order valence-corrected chi connectivity index (χ4v) is 6.84. The number of pyridine rings is 1. The van der Waals surface area contributed by atoms with Crippen LogP contribution in [0.5, 0.6) is 0 Å². The number of anilines is 2. The zero-order chi connectivity index (χ0) is 22.7. The maximum absolute atomic E-state index is 13.8. The first-order valence-electron chi connectivity index (χ1n) is 10.7. The van der Waals surface area contributed by atoms with Crippen molar-refractivity contribution in [2.45, 2.75) is 17.4 Å². The Morgan fingerprint density at radius 1 is 0.848 bits per heavy atom. The largest absolute Gasteiger partial charge is 0.274 e. The van der Waals surface area contributed by atoms with Crippen molar-refractivity contribution in [2.24, 2.45) is 11.8 Å². The average molecular weight is 458 g/mol. The lowest BCUT2D eigenvalue weighted by molar-refractivity contribution is -0.122. The number of aromatic nitrogens is 1. The highest BCUT2D eigenvalue weighted by atomic mass is 32.2. The van der Waals surface area contributed by atoms with Crippen molar-refractivity contribution in [3.05, 3.63) is 90.6 Å². The van der Waals surface area contributed by atoms with Gasteiger partial charge in [0.2, 0.25) is 11.8 Å². The first-order chi connectivity index (χ1) is 16.0. The first kappa shape index (κ1) is 19.9. The van der Waals surface area contributed by atoms with Gasteiger partial charge in [0.1, 0.15) is 0 Å². The van der Waals surface area contributed by atoms with Crippen molar-refractivity contribution in [2.75, 3.05) is 9.21 Å². The van der Waals surface area contributed by atoms with E-state index >= 15 is 0 Å². The lowest BCUT2D eigenvalue weighted by Crippen LogP contribution is -2.47. The van der Waals surface area contributed by atoms with E-state index in [4.69, 9.17) is 0 Å². The minimum absolute atomic E-state index is 0.113. The SMILES string of the molecule is O=C1[C@H]2[C@H](CC=C3c4cccnc4N(S(=O)(=O)c4ccccc4)[C@H]32)C(=O)N1c1ccccc1. The zero-order valence-corrected chi connectivity index (χ0v) is 18.2. The van der Waals surface area contributed by atoms with E-state index in [9.17, 15) is 18.0 Å². The van der Waals surface area contributed by atoms with Gasteiger partial charge in [-0.15, -0.1) is 0 Å². The molecule has 8 heteroatoms. The van der Waals surface area contributed by atoms with E-state index < -0.39 is 27.9 Å². The van der Waals surface area contributed by atoms with Gasteiger partial charge in [0.25, 0.3) is 10.0 Å². The van der Waals surface area contributed by atoms with E-state index in [1.165, 1.54) is 21.3 Å². The summed E-state index contributed by atoms with van der Waals surface area (Å²) < 4.78 is 28.9. The Morgan fingerprint density at radius 3 is 2.27 bits per heavy atom. The molecule has 2 amide bonds. The Kier molecular flexibility index (Phi) is 4.28. The molecule has 0 unspecified atom stereocenters. The number of para-hydroxylation sites is 1. The van der Waals surface area contributed by atoms with Crippen LogP contribution in [-0.2, 0) is 19.6 Å². The highest BCUT2D eigenvalue weighted by Crippen LogP contribution is 2.52. The van der Waals surface area contributed by atoms with Crippen LogP contribution in [0, 0.1) is 11.8 Å². The number of allylic oxidation sites excluding steroid dienone is 1. The molecule has 3 atom stereocenters. The van der Waals surface area contributed by atoms with Gasteiger partial charge < -0.3 is 0 Å².